The highest BCUT2D eigenvalue weighted by Gasteiger charge is 2.04. The van der Waals surface area contributed by atoms with Crippen LogP contribution in [0.25, 0.3) is 0 Å². The highest BCUT2D eigenvalue weighted by atomic mass is 16.5. The lowest BCUT2D eigenvalue weighted by molar-refractivity contribution is 0.301. The molecule has 0 saturated heterocycles. The summed E-state index contributed by atoms with van der Waals surface area (Å²) in [6.45, 7) is 4.28. The van der Waals surface area contributed by atoms with Crippen molar-refractivity contribution >= 4 is 0 Å². The Bertz CT molecular complexity index is 728. The number of nitrogens with one attached hydrogen (secondary N) is 1. The fraction of sp³-hybridized carbons (Fsp3) is 0.263. The predicted molar refractivity (Wildman–Crippen MR) is 93.5 cm³/mol. The summed E-state index contributed by atoms with van der Waals surface area (Å²) >= 11 is 0. The minimum atomic E-state index is 0.336. The number of benzene rings is 1. The maximum absolute atomic E-state index is 5.82. The molecule has 2 aromatic heterocycles. The maximum Gasteiger partial charge on any atom is 0.130 e. The summed E-state index contributed by atoms with van der Waals surface area (Å²) in [5.74, 6) is 0.861. The molecule has 0 radical (unpaired) electrons. The highest BCUT2D eigenvalue weighted by molar-refractivity contribution is 5.28. The average Bonchev–Trinajstić information content (AvgIpc) is 3.12. The number of pyridine rings is 1. The molecule has 0 spiro atoms. The summed E-state index contributed by atoms with van der Waals surface area (Å²) in [6, 6.07) is 16.3. The van der Waals surface area contributed by atoms with E-state index in [4.69, 9.17) is 4.74 Å². The van der Waals surface area contributed by atoms with Gasteiger partial charge in [-0.3, -0.25) is 9.67 Å². The smallest absolute Gasteiger partial charge is 0.130 e. The molecule has 1 atom stereocenters. The Morgan fingerprint density at radius 1 is 1.12 bits per heavy atom. The van der Waals surface area contributed by atoms with Crippen molar-refractivity contribution in [3.63, 3.8) is 0 Å². The highest BCUT2D eigenvalue weighted by Crippen LogP contribution is 2.15. The van der Waals surface area contributed by atoms with Crippen LogP contribution in [0.2, 0.25) is 0 Å². The van der Waals surface area contributed by atoms with Crippen LogP contribution >= 0.6 is 0 Å². The van der Waals surface area contributed by atoms with Crippen LogP contribution in [0.1, 0.15) is 18.2 Å². The van der Waals surface area contributed by atoms with Gasteiger partial charge in [-0.25, -0.2) is 0 Å². The first-order valence-corrected chi connectivity index (χ1v) is 8.12. The van der Waals surface area contributed by atoms with Gasteiger partial charge in [-0.05, 0) is 42.8 Å². The summed E-state index contributed by atoms with van der Waals surface area (Å²) in [5.41, 5.74) is 2.12. The van der Waals surface area contributed by atoms with Crippen LogP contribution in [0.5, 0.6) is 5.75 Å². The van der Waals surface area contributed by atoms with E-state index >= 15 is 0 Å². The van der Waals surface area contributed by atoms with Crippen LogP contribution in [0.15, 0.2) is 67.1 Å². The van der Waals surface area contributed by atoms with Crippen molar-refractivity contribution in [2.45, 2.75) is 32.7 Å². The summed E-state index contributed by atoms with van der Waals surface area (Å²) in [7, 11) is 0. The Hall–Kier alpha value is -2.66. The molecule has 0 aliphatic rings. The fourth-order valence-corrected chi connectivity index (χ4v) is 2.43. The third kappa shape index (κ3) is 4.93. The third-order valence-corrected chi connectivity index (χ3v) is 3.69. The van der Waals surface area contributed by atoms with E-state index in [0.717, 1.165) is 24.5 Å². The zero-order valence-electron chi connectivity index (χ0n) is 13.8. The zero-order chi connectivity index (χ0) is 16.6. The Morgan fingerprint density at radius 3 is 2.88 bits per heavy atom. The molecule has 3 aromatic rings. The number of nitrogens with zero attached hydrogens (tertiary/aromatic N) is 3. The van der Waals surface area contributed by atoms with Gasteiger partial charge in [-0.2, -0.15) is 5.10 Å². The summed E-state index contributed by atoms with van der Waals surface area (Å²) < 4.78 is 7.75. The quantitative estimate of drug-likeness (QED) is 0.692. The van der Waals surface area contributed by atoms with E-state index in [9.17, 15) is 0 Å². The second-order valence-corrected chi connectivity index (χ2v) is 5.77. The molecule has 1 N–H and O–H groups in total. The second-order valence-electron chi connectivity index (χ2n) is 5.77. The number of hydrogen-bond donors (Lipinski definition) is 1. The first-order chi connectivity index (χ1) is 11.8. The lowest BCUT2D eigenvalue weighted by atomic mass is 10.2. The standard InChI is InChI=1S/C19H22N4O/c1-16(14-23-11-5-10-22-23)21-13-17-6-4-8-19(12-17)24-15-18-7-2-3-9-20-18/h2-12,16,21H,13-15H2,1H3/t16-/m0/s1. The Kier molecular flexibility index (Phi) is 5.58. The lowest BCUT2D eigenvalue weighted by Crippen LogP contribution is -2.30. The second kappa shape index (κ2) is 8.26. The van der Waals surface area contributed by atoms with Crippen LogP contribution in [0.3, 0.4) is 0 Å². The van der Waals surface area contributed by atoms with E-state index in [1.54, 1.807) is 12.4 Å². The van der Waals surface area contributed by atoms with Crippen LogP contribution in [0, 0.1) is 0 Å². The molecule has 0 saturated carbocycles. The van der Waals surface area contributed by atoms with Crippen LogP contribution in [0.4, 0.5) is 0 Å². The van der Waals surface area contributed by atoms with Gasteiger partial charge in [0.15, 0.2) is 0 Å². The molecular formula is C19H22N4O. The van der Waals surface area contributed by atoms with Gasteiger partial charge < -0.3 is 10.1 Å². The van der Waals surface area contributed by atoms with Crippen molar-refractivity contribution in [2.75, 3.05) is 0 Å². The van der Waals surface area contributed by atoms with Crippen molar-refractivity contribution in [1.82, 2.24) is 20.1 Å². The average molecular weight is 322 g/mol. The molecule has 0 aliphatic heterocycles. The molecule has 3 rings (SSSR count). The molecule has 0 aliphatic carbocycles. The Morgan fingerprint density at radius 2 is 2.08 bits per heavy atom. The van der Waals surface area contributed by atoms with Gasteiger partial charge in [0.25, 0.3) is 0 Å². The van der Waals surface area contributed by atoms with Crippen molar-refractivity contribution in [3.8, 4) is 5.75 Å². The zero-order valence-corrected chi connectivity index (χ0v) is 13.8. The molecule has 124 valence electrons. The van der Waals surface area contributed by atoms with Gasteiger partial charge in [-0.1, -0.05) is 18.2 Å². The maximum atomic E-state index is 5.82. The van der Waals surface area contributed by atoms with E-state index in [2.05, 4.69) is 34.5 Å². The Balaban J connectivity index is 1.49. The SMILES string of the molecule is C[C@@H](Cn1cccn1)NCc1cccc(OCc2ccccn2)c1. The Labute approximate surface area is 142 Å². The third-order valence-electron chi connectivity index (χ3n) is 3.69. The topological polar surface area (TPSA) is 52.0 Å². The van der Waals surface area contributed by atoms with E-state index in [1.807, 2.05) is 47.3 Å². The molecular weight excluding hydrogens is 300 g/mol. The molecule has 0 unspecified atom stereocenters. The molecule has 2 heterocycles. The minimum Gasteiger partial charge on any atom is -0.487 e. The predicted octanol–water partition coefficient (Wildman–Crippen LogP) is 3.04. The van der Waals surface area contributed by atoms with Gasteiger partial charge in [-0.15, -0.1) is 0 Å². The summed E-state index contributed by atoms with van der Waals surface area (Å²) in [6.07, 6.45) is 5.55. The molecule has 0 bridgehead atoms. The van der Waals surface area contributed by atoms with Crippen LogP contribution < -0.4 is 10.1 Å². The van der Waals surface area contributed by atoms with Crippen LogP contribution in [-0.4, -0.2) is 20.8 Å². The number of aromatic nitrogens is 3. The molecule has 1 aromatic carbocycles. The molecule has 0 amide bonds. The minimum absolute atomic E-state index is 0.336. The van der Waals surface area contributed by atoms with Gasteiger partial charge in [0, 0.05) is 31.2 Å². The normalized spacial score (nSPS) is 12.0. The molecule has 24 heavy (non-hydrogen) atoms. The monoisotopic (exact) mass is 322 g/mol. The largest absolute Gasteiger partial charge is 0.487 e. The number of ether oxygens (including phenoxy) is 1. The first-order valence-electron chi connectivity index (χ1n) is 8.12. The van der Waals surface area contributed by atoms with Gasteiger partial charge in [0.05, 0.1) is 12.2 Å². The fourth-order valence-electron chi connectivity index (χ4n) is 2.43. The van der Waals surface area contributed by atoms with E-state index in [-0.39, 0.29) is 0 Å². The van der Waals surface area contributed by atoms with Crippen molar-refractivity contribution in [1.29, 1.82) is 0 Å². The summed E-state index contributed by atoms with van der Waals surface area (Å²) in [5, 5.41) is 7.74. The van der Waals surface area contributed by atoms with Crippen molar-refractivity contribution in [3.05, 3.63) is 78.4 Å². The molecule has 5 nitrogen and oxygen atoms in total. The lowest BCUT2D eigenvalue weighted by Gasteiger charge is -2.14. The van der Waals surface area contributed by atoms with Crippen LogP contribution in [-0.2, 0) is 19.7 Å². The van der Waals surface area contributed by atoms with E-state index in [0.29, 0.717) is 12.6 Å². The van der Waals surface area contributed by atoms with Gasteiger partial charge >= 0.3 is 0 Å². The molecule has 5 heteroatoms. The molecule has 0 fully saturated rings. The summed E-state index contributed by atoms with van der Waals surface area (Å²) in [4.78, 5) is 4.27. The van der Waals surface area contributed by atoms with Crippen molar-refractivity contribution in [2.24, 2.45) is 0 Å². The van der Waals surface area contributed by atoms with E-state index in [1.165, 1.54) is 5.56 Å². The number of hydrogen-bond acceptors (Lipinski definition) is 4. The van der Waals surface area contributed by atoms with Crippen molar-refractivity contribution < 1.29 is 4.74 Å². The number of rotatable bonds is 8. The van der Waals surface area contributed by atoms with Gasteiger partial charge in [0.2, 0.25) is 0 Å². The first kappa shape index (κ1) is 16.2. The van der Waals surface area contributed by atoms with Gasteiger partial charge in [0.1, 0.15) is 12.4 Å². The van der Waals surface area contributed by atoms with E-state index < -0.39 is 0 Å².